The van der Waals surface area contributed by atoms with Crippen LogP contribution >= 0.6 is 11.6 Å². The molecule has 8 nitrogen and oxygen atoms in total. The maximum absolute atomic E-state index is 9.08. The molecule has 0 saturated carbocycles. The summed E-state index contributed by atoms with van der Waals surface area (Å²) in [5.41, 5.74) is 5.15. The predicted molar refractivity (Wildman–Crippen MR) is 140 cm³/mol. The maximum Gasteiger partial charge on any atom is 0.162 e. The number of nitrogens with zero attached hydrogens (tertiary/aromatic N) is 6. The largest absolute Gasteiger partial charge is 0.384 e. The van der Waals surface area contributed by atoms with Crippen molar-refractivity contribution < 1.29 is 5.11 Å². The second-order valence-electron chi connectivity index (χ2n) is 9.29. The lowest BCUT2D eigenvalue weighted by Gasteiger charge is -2.38. The molecule has 0 radical (unpaired) electrons. The first-order valence-corrected chi connectivity index (χ1v) is 12.8. The van der Waals surface area contributed by atoms with Crippen LogP contribution in [-0.4, -0.2) is 82.6 Å². The van der Waals surface area contributed by atoms with Gasteiger partial charge in [-0.1, -0.05) is 17.5 Å². The van der Waals surface area contributed by atoms with Crippen molar-refractivity contribution in [2.75, 3.05) is 62.2 Å². The summed E-state index contributed by atoms with van der Waals surface area (Å²) in [6.07, 6.45) is 6.47. The number of hydrogen-bond donors (Lipinski definition) is 2. The molecular formula is C26H32ClN7O. The summed E-state index contributed by atoms with van der Waals surface area (Å²) in [7, 11) is 0. The molecule has 0 bridgehead atoms. The van der Waals surface area contributed by atoms with Crippen molar-refractivity contribution in [3.8, 4) is 11.8 Å². The number of aromatic nitrogens is 4. The van der Waals surface area contributed by atoms with Gasteiger partial charge in [0.2, 0.25) is 0 Å². The summed E-state index contributed by atoms with van der Waals surface area (Å²) in [4.78, 5) is 16.1. The van der Waals surface area contributed by atoms with E-state index in [2.05, 4.69) is 65.8 Å². The van der Waals surface area contributed by atoms with Crippen LogP contribution in [0.25, 0.3) is 11.0 Å². The van der Waals surface area contributed by atoms with E-state index in [-0.39, 0.29) is 6.61 Å². The summed E-state index contributed by atoms with van der Waals surface area (Å²) >= 11 is 6.58. The first kappa shape index (κ1) is 23.9. The average molecular weight is 494 g/mol. The van der Waals surface area contributed by atoms with Crippen LogP contribution in [0, 0.1) is 18.8 Å². The van der Waals surface area contributed by atoms with Crippen molar-refractivity contribution in [1.82, 2.24) is 25.1 Å². The Morgan fingerprint density at radius 1 is 1.06 bits per heavy atom. The van der Waals surface area contributed by atoms with Gasteiger partial charge in [-0.05, 0) is 81.4 Å². The highest BCUT2D eigenvalue weighted by atomic mass is 35.5. The van der Waals surface area contributed by atoms with Crippen molar-refractivity contribution in [2.24, 2.45) is 0 Å². The Kier molecular flexibility index (Phi) is 7.37. The topological polar surface area (TPSA) is 84.4 Å². The second kappa shape index (κ2) is 10.8. The predicted octanol–water partition coefficient (Wildman–Crippen LogP) is 3.01. The molecule has 2 aliphatic rings. The molecule has 2 N–H and O–H groups in total. The number of rotatable bonds is 6. The third-order valence-corrected chi connectivity index (χ3v) is 7.33. The van der Waals surface area contributed by atoms with Gasteiger partial charge in [-0.3, -0.25) is 5.10 Å². The fourth-order valence-electron chi connectivity index (χ4n) is 5.26. The Balaban J connectivity index is 1.29. The molecule has 2 aliphatic heterocycles. The zero-order valence-electron chi connectivity index (χ0n) is 20.2. The van der Waals surface area contributed by atoms with E-state index in [1.807, 2.05) is 0 Å². The van der Waals surface area contributed by atoms with Gasteiger partial charge in [0.1, 0.15) is 24.4 Å². The molecule has 0 amide bonds. The van der Waals surface area contributed by atoms with Crippen molar-refractivity contribution in [1.29, 1.82) is 0 Å². The number of fused-ring (bicyclic) bond motifs is 1. The number of aliphatic hydroxyl groups is 1. The van der Waals surface area contributed by atoms with Gasteiger partial charge in [0.25, 0.3) is 0 Å². The SMILES string of the molecule is Cc1c(CCCN2CCCC2)cc(Cl)cc1N1CCN(c2ncnc3[nH]nc(C#CCO)c23)CC1. The number of aryl methyl sites for hydroxylation is 1. The van der Waals surface area contributed by atoms with E-state index < -0.39 is 0 Å². The van der Waals surface area contributed by atoms with Crippen LogP contribution in [0.3, 0.4) is 0 Å². The summed E-state index contributed by atoms with van der Waals surface area (Å²) < 4.78 is 0. The molecule has 0 atom stereocenters. The molecule has 0 aliphatic carbocycles. The third kappa shape index (κ3) is 5.22. The minimum absolute atomic E-state index is 0.213. The van der Waals surface area contributed by atoms with Gasteiger partial charge in [-0.2, -0.15) is 5.10 Å². The Morgan fingerprint density at radius 2 is 1.83 bits per heavy atom. The number of hydrogen-bond acceptors (Lipinski definition) is 7. The molecule has 3 aromatic rings. The van der Waals surface area contributed by atoms with Crippen molar-refractivity contribution in [3.05, 3.63) is 40.3 Å². The van der Waals surface area contributed by atoms with Crippen LogP contribution in [0.2, 0.25) is 5.02 Å². The molecule has 184 valence electrons. The van der Waals surface area contributed by atoms with E-state index in [0.29, 0.717) is 11.3 Å². The highest BCUT2D eigenvalue weighted by Crippen LogP contribution is 2.31. The van der Waals surface area contributed by atoms with Crippen LogP contribution < -0.4 is 9.80 Å². The van der Waals surface area contributed by atoms with Gasteiger partial charge in [0.05, 0.1) is 5.39 Å². The van der Waals surface area contributed by atoms with Gasteiger partial charge in [-0.15, -0.1) is 0 Å². The van der Waals surface area contributed by atoms with Gasteiger partial charge < -0.3 is 19.8 Å². The molecule has 2 aromatic heterocycles. The van der Waals surface area contributed by atoms with E-state index in [1.165, 1.54) is 55.7 Å². The molecule has 5 rings (SSSR count). The van der Waals surface area contributed by atoms with Crippen molar-refractivity contribution in [3.63, 3.8) is 0 Å². The quantitative estimate of drug-likeness (QED) is 0.510. The smallest absolute Gasteiger partial charge is 0.162 e. The molecule has 2 saturated heterocycles. The Labute approximate surface area is 211 Å². The molecule has 4 heterocycles. The molecule has 35 heavy (non-hydrogen) atoms. The first-order chi connectivity index (χ1) is 17.1. The molecule has 0 spiro atoms. The second-order valence-corrected chi connectivity index (χ2v) is 9.72. The summed E-state index contributed by atoms with van der Waals surface area (Å²) in [5.74, 6) is 6.41. The number of likely N-dealkylation sites (tertiary alicyclic amines) is 1. The summed E-state index contributed by atoms with van der Waals surface area (Å²) in [5, 5.41) is 17.9. The first-order valence-electron chi connectivity index (χ1n) is 12.4. The fourth-order valence-corrected chi connectivity index (χ4v) is 5.50. The number of halogens is 1. The Hall–Kier alpha value is -2.86. The van der Waals surface area contributed by atoms with Gasteiger partial charge >= 0.3 is 0 Å². The van der Waals surface area contributed by atoms with E-state index in [4.69, 9.17) is 16.7 Å². The van der Waals surface area contributed by atoms with Crippen LogP contribution in [0.15, 0.2) is 18.5 Å². The van der Waals surface area contributed by atoms with Crippen molar-refractivity contribution in [2.45, 2.75) is 32.6 Å². The number of aliphatic hydroxyl groups excluding tert-OH is 1. The van der Waals surface area contributed by atoms with Crippen LogP contribution in [0.4, 0.5) is 11.5 Å². The number of piperazine rings is 1. The van der Waals surface area contributed by atoms with Crippen LogP contribution in [-0.2, 0) is 6.42 Å². The number of nitrogens with one attached hydrogen (secondary N) is 1. The number of aromatic amines is 1. The van der Waals surface area contributed by atoms with Crippen LogP contribution in [0.1, 0.15) is 36.1 Å². The molecule has 2 fully saturated rings. The van der Waals surface area contributed by atoms with Crippen LogP contribution in [0.5, 0.6) is 0 Å². The highest BCUT2D eigenvalue weighted by molar-refractivity contribution is 6.31. The van der Waals surface area contributed by atoms with Gasteiger partial charge in [-0.25, -0.2) is 9.97 Å². The normalized spacial score (nSPS) is 16.7. The molecule has 0 unspecified atom stereocenters. The highest BCUT2D eigenvalue weighted by Gasteiger charge is 2.24. The fraction of sp³-hybridized carbons (Fsp3) is 0.500. The van der Waals surface area contributed by atoms with Gasteiger partial charge in [0.15, 0.2) is 5.65 Å². The van der Waals surface area contributed by atoms with E-state index in [1.54, 1.807) is 6.33 Å². The summed E-state index contributed by atoms with van der Waals surface area (Å²) in [6, 6.07) is 4.25. The molecular weight excluding hydrogens is 462 g/mol. The lowest BCUT2D eigenvalue weighted by atomic mass is 10.0. The zero-order chi connectivity index (χ0) is 24.2. The molecule has 1 aromatic carbocycles. The van der Waals surface area contributed by atoms with Gasteiger partial charge in [0, 0.05) is 36.9 Å². The summed E-state index contributed by atoms with van der Waals surface area (Å²) in [6.45, 7) is 9.07. The third-order valence-electron chi connectivity index (χ3n) is 7.12. The van der Waals surface area contributed by atoms with E-state index >= 15 is 0 Å². The minimum Gasteiger partial charge on any atom is -0.384 e. The van der Waals surface area contributed by atoms with E-state index in [9.17, 15) is 0 Å². The monoisotopic (exact) mass is 493 g/mol. The Morgan fingerprint density at radius 3 is 2.60 bits per heavy atom. The minimum atomic E-state index is -0.213. The average Bonchev–Trinajstić information content (AvgIpc) is 3.55. The zero-order valence-corrected chi connectivity index (χ0v) is 21.0. The number of benzene rings is 1. The lowest BCUT2D eigenvalue weighted by Crippen LogP contribution is -2.47. The molecule has 9 heteroatoms. The number of anilines is 2. The Bertz CT molecular complexity index is 1230. The van der Waals surface area contributed by atoms with E-state index in [0.717, 1.165) is 48.8 Å². The number of H-pyrrole nitrogens is 1. The maximum atomic E-state index is 9.08. The standard InChI is InChI=1S/C26H32ClN7O/c1-19-20(6-4-10-32-8-2-3-9-32)16-21(27)17-23(19)33-11-13-34(14-12-33)26-24-22(7-5-15-35)30-31-25(24)28-18-29-26/h16-18,35H,2-4,6,8-15H2,1H3,(H,28,29,30,31). The van der Waals surface area contributed by atoms with Crippen molar-refractivity contribution >= 4 is 34.1 Å². The lowest BCUT2D eigenvalue weighted by molar-refractivity contribution is 0.334.